The minimum absolute atomic E-state index is 0.504. The molecule has 0 amide bonds. The number of rotatable bonds is 4. The van der Waals surface area contributed by atoms with E-state index in [1.807, 2.05) is 7.05 Å². The van der Waals surface area contributed by atoms with Crippen molar-refractivity contribution in [3.05, 3.63) is 21.2 Å². The van der Waals surface area contributed by atoms with Crippen LogP contribution in [0.3, 0.4) is 0 Å². The van der Waals surface area contributed by atoms with Gasteiger partial charge in [0, 0.05) is 18.1 Å². The van der Waals surface area contributed by atoms with E-state index in [-0.39, 0.29) is 0 Å². The number of hydrogen-bond donors (Lipinski definition) is 0. The summed E-state index contributed by atoms with van der Waals surface area (Å²) in [4.78, 5) is 2.08. The molecule has 18 heavy (non-hydrogen) atoms. The lowest BCUT2D eigenvalue weighted by Crippen LogP contribution is -2.20. The van der Waals surface area contributed by atoms with Gasteiger partial charge in [0.2, 0.25) is 0 Å². The van der Waals surface area contributed by atoms with Crippen LogP contribution < -0.4 is 9.64 Å². The fraction of sp³-hybridized carbons (Fsp3) is 0.500. The van der Waals surface area contributed by atoms with Gasteiger partial charge >= 0.3 is 0 Å². The molecule has 0 saturated heterocycles. The molecule has 98 valence electrons. The average Bonchev–Trinajstić information content (AvgIpc) is 2.37. The van der Waals surface area contributed by atoms with Crippen molar-refractivity contribution in [3.63, 3.8) is 0 Å². The van der Waals surface area contributed by atoms with Crippen LogP contribution in [-0.4, -0.2) is 20.7 Å². The number of nitrogens with zero attached hydrogens (tertiary/aromatic N) is 2. The van der Waals surface area contributed by atoms with Crippen LogP contribution in [0.25, 0.3) is 0 Å². The molecule has 0 atom stereocenters. The van der Waals surface area contributed by atoms with E-state index in [1.165, 1.54) is 5.56 Å². The second kappa shape index (κ2) is 6.10. The minimum atomic E-state index is 0.504. The van der Waals surface area contributed by atoms with Gasteiger partial charge in [-0.2, -0.15) is 5.26 Å². The molecule has 1 aromatic carbocycles. The first-order valence-corrected chi connectivity index (χ1v) is 6.66. The number of anilines is 1. The van der Waals surface area contributed by atoms with E-state index in [4.69, 9.17) is 10.00 Å². The second-order valence-corrected chi connectivity index (χ2v) is 5.19. The number of methoxy groups -OCH3 is 1. The topological polar surface area (TPSA) is 36.3 Å². The summed E-state index contributed by atoms with van der Waals surface area (Å²) >= 11 is 3.63. The maximum atomic E-state index is 8.69. The van der Waals surface area contributed by atoms with Gasteiger partial charge < -0.3 is 9.64 Å². The molecule has 0 spiro atoms. The Kier molecular flexibility index (Phi) is 5.03. The molecule has 0 saturated carbocycles. The molecule has 0 unspecified atom stereocenters. The maximum absolute atomic E-state index is 8.69. The zero-order valence-corrected chi connectivity index (χ0v) is 13.2. The van der Waals surface area contributed by atoms with E-state index in [1.54, 1.807) is 7.11 Å². The van der Waals surface area contributed by atoms with Crippen LogP contribution in [-0.2, 0) is 0 Å². The average molecular weight is 311 g/mol. The lowest BCUT2D eigenvalue weighted by molar-refractivity contribution is 0.411. The van der Waals surface area contributed by atoms with E-state index >= 15 is 0 Å². The van der Waals surface area contributed by atoms with Crippen LogP contribution in [0.4, 0.5) is 5.69 Å². The normalized spacial score (nSPS) is 10.1. The van der Waals surface area contributed by atoms with E-state index in [9.17, 15) is 0 Å². The summed E-state index contributed by atoms with van der Waals surface area (Å²) in [7, 11) is 3.68. The van der Waals surface area contributed by atoms with Crippen LogP contribution in [0.1, 0.15) is 23.1 Å². The van der Waals surface area contributed by atoms with Gasteiger partial charge in [-0.25, -0.2) is 0 Å². The molecule has 0 radical (unpaired) electrons. The highest BCUT2D eigenvalue weighted by Crippen LogP contribution is 2.41. The zero-order valence-electron chi connectivity index (χ0n) is 11.6. The molecule has 0 aliphatic rings. The number of halogens is 1. The number of nitriles is 1. The molecule has 0 aliphatic heterocycles. The van der Waals surface area contributed by atoms with Gasteiger partial charge in [0.05, 0.1) is 25.3 Å². The molecule has 0 fully saturated rings. The van der Waals surface area contributed by atoms with Crippen molar-refractivity contribution >= 4 is 21.6 Å². The van der Waals surface area contributed by atoms with Gasteiger partial charge in [0.25, 0.3) is 0 Å². The molecular weight excluding hydrogens is 292 g/mol. The standard InChI is InChI=1S/C14H19BrN2O/c1-9-10(2)14(18-5)13(11(3)12(9)15)17(4)8-6-7-16/h6,8H2,1-5H3. The Morgan fingerprint density at radius 1 is 1.22 bits per heavy atom. The van der Waals surface area contributed by atoms with Crippen molar-refractivity contribution in [2.24, 2.45) is 0 Å². The van der Waals surface area contributed by atoms with Crippen molar-refractivity contribution in [2.45, 2.75) is 27.2 Å². The smallest absolute Gasteiger partial charge is 0.145 e. The molecule has 4 heteroatoms. The Morgan fingerprint density at radius 3 is 2.33 bits per heavy atom. The van der Waals surface area contributed by atoms with Gasteiger partial charge in [-0.1, -0.05) is 15.9 Å². The SMILES string of the molecule is COc1c(C)c(C)c(Br)c(C)c1N(C)CCC#N. The monoisotopic (exact) mass is 310 g/mol. The quantitative estimate of drug-likeness (QED) is 0.850. The Hall–Kier alpha value is -1.21. The third kappa shape index (κ3) is 2.62. The summed E-state index contributed by atoms with van der Waals surface area (Å²) in [6.45, 7) is 6.90. The fourth-order valence-electron chi connectivity index (χ4n) is 2.11. The van der Waals surface area contributed by atoms with E-state index < -0.39 is 0 Å². The van der Waals surface area contributed by atoms with Crippen LogP contribution >= 0.6 is 15.9 Å². The molecule has 0 N–H and O–H groups in total. The summed E-state index contributed by atoms with van der Waals surface area (Å²) in [5.74, 6) is 0.897. The molecular formula is C14H19BrN2O. The largest absolute Gasteiger partial charge is 0.494 e. The van der Waals surface area contributed by atoms with Crippen molar-refractivity contribution in [1.29, 1.82) is 5.26 Å². The molecule has 0 aromatic heterocycles. The van der Waals surface area contributed by atoms with Gasteiger partial charge in [-0.15, -0.1) is 0 Å². The van der Waals surface area contributed by atoms with Crippen LogP contribution in [0.5, 0.6) is 5.75 Å². The predicted octanol–water partition coefficient (Wildman–Crippen LogP) is 3.73. The Bertz CT molecular complexity index is 492. The molecule has 3 nitrogen and oxygen atoms in total. The molecule has 0 aliphatic carbocycles. The van der Waals surface area contributed by atoms with Crippen molar-refractivity contribution in [3.8, 4) is 11.8 Å². The molecule has 1 aromatic rings. The first-order chi connectivity index (χ1) is 8.45. The molecule has 0 bridgehead atoms. The molecule has 0 heterocycles. The van der Waals surface area contributed by atoms with Crippen molar-refractivity contribution in [1.82, 2.24) is 0 Å². The summed E-state index contributed by atoms with van der Waals surface area (Å²) in [6.07, 6.45) is 0.504. The predicted molar refractivity (Wildman–Crippen MR) is 78.4 cm³/mol. The number of hydrogen-bond acceptors (Lipinski definition) is 3. The lowest BCUT2D eigenvalue weighted by atomic mass is 10.0. The summed E-state index contributed by atoms with van der Waals surface area (Å²) in [5.41, 5.74) is 4.54. The third-order valence-electron chi connectivity index (χ3n) is 3.28. The van der Waals surface area contributed by atoms with Gasteiger partial charge in [0.15, 0.2) is 0 Å². The summed E-state index contributed by atoms with van der Waals surface area (Å²) < 4.78 is 6.66. The highest BCUT2D eigenvalue weighted by Gasteiger charge is 2.19. The fourth-order valence-corrected chi connectivity index (χ4v) is 2.59. The Labute approximate surface area is 117 Å². The minimum Gasteiger partial charge on any atom is -0.494 e. The first-order valence-electron chi connectivity index (χ1n) is 5.87. The highest BCUT2D eigenvalue weighted by molar-refractivity contribution is 9.10. The van der Waals surface area contributed by atoms with E-state index in [2.05, 4.69) is 47.7 Å². The first kappa shape index (κ1) is 14.8. The Balaban J connectivity index is 3.38. The zero-order chi connectivity index (χ0) is 13.9. The van der Waals surface area contributed by atoms with Gasteiger partial charge in [0.1, 0.15) is 5.75 Å². The van der Waals surface area contributed by atoms with Crippen LogP contribution in [0, 0.1) is 32.1 Å². The van der Waals surface area contributed by atoms with E-state index in [0.29, 0.717) is 13.0 Å². The van der Waals surface area contributed by atoms with Gasteiger partial charge in [-0.3, -0.25) is 0 Å². The maximum Gasteiger partial charge on any atom is 0.145 e. The third-order valence-corrected chi connectivity index (χ3v) is 4.47. The number of benzene rings is 1. The van der Waals surface area contributed by atoms with Crippen LogP contribution in [0.2, 0.25) is 0 Å². The van der Waals surface area contributed by atoms with Crippen LogP contribution in [0.15, 0.2) is 4.47 Å². The highest BCUT2D eigenvalue weighted by atomic mass is 79.9. The van der Waals surface area contributed by atoms with Gasteiger partial charge in [-0.05, 0) is 37.5 Å². The second-order valence-electron chi connectivity index (χ2n) is 4.40. The van der Waals surface area contributed by atoms with E-state index in [0.717, 1.165) is 27.0 Å². The van der Waals surface area contributed by atoms with Crippen molar-refractivity contribution < 1.29 is 4.74 Å². The Morgan fingerprint density at radius 2 is 1.83 bits per heavy atom. The molecule has 1 rings (SSSR count). The summed E-state index contributed by atoms with van der Waals surface area (Å²) in [5, 5.41) is 8.69. The summed E-state index contributed by atoms with van der Waals surface area (Å²) in [6, 6.07) is 2.17. The lowest BCUT2D eigenvalue weighted by Gasteiger charge is -2.26. The number of ether oxygens (including phenoxy) is 1. The van der Waals surface area contributed by atoms with Crippen molar-refractivity contribution in [2.75, 3.05) is 25.6 Å².